The third-order valence-corrected chi connectivity index (χ3v) is 2.92. The van der Waals surface area contributed by atoms with Gasteiger partial charge in [-0.2, -0.15) is 5.26 Å². The standard InChI is InChI=1S/C12H8FN3O3S/c1-2-18-11(17)10-15-16-12(20-10)19-9-5-3-4-8(13)7(9)6-14/h3-5H,2H2,1H3. The second-order valence-corrected chi connectivity index (χ2v) is 4.36. The van der Waals surface area contributed by atoms with Crippen LogP contribution in [0.3, 0.4) is 0 Å². The summed E-state index contributed by atoms with van der Waals surface area (Å²) in [6, 6.07) is 5.67. The molecule has 0 N–H and O–H groups in total. The van der Waals surface area contributed by atoms with Gasteiger partial charge in [0.2, 0.25) is 5.01 Å². The van der Waals surface area contributed by atoms with E-state index in [1.54, 1.807) is 13.0 Å². The van der Waals surface area contributed by atoms with Crippen molar-refractivity contribution in [3.05, 3.63) is 34.6 Å². The van der Waals surface area contributed by atoms with E-state index in [-0.39, 0.29) is 28.1 Å². The largest absolute Gasteiger partial charge is 0.461 e. The zero-order chi connectivity index (χ0) is 14.5. The smallest absolute Gasteiger partial charge is 0.369 e. The Kier molecular flexibility index (Phi) is 4.22. The number of aromatic nitrogens is 2. The number of benzene rings is 1. The fraction of sp³-hybridized carbons (Fsp3) is 0.167. The van der Waals surface area contributed by atoms with Gasteiger partial charge in [-0.15, -0.1) is 5.10 Å². The van der Waals surface area contributed by atoms with Crippen molar-refractivity contribution in [1.29, 1.82) is 5.26 Å². The van der Waals surface area contributed by atoms with Gasteiger partial charge in [0, 0.05) is 0 Å². The molecule has 0 fully saturated rings. The first-order chi connectivity index (χ1) is 9.65. The number of halogens is 1. The fourth-order valence-corrected chi connectivity index (χ4v) is 1.92. The van der Waals surface area contributed by atoms with Gasteiger partial charge in [-0.05, 0) is 30.4 Å². The Morgan fingerprint density at radius 1 is 1.50 bits per heavy atom. The Morgan fingerprint density at radius 2 is 2.30 bits per heavy atom. The lowest BCUT2D eigenvalue weighted by molar-refractivity contribution is 0.0525. The summed E-state index contributed by atoms with van der Waals surface area (Å²) in [4.78, 5) is 11.4. The van der Waals surface area contributed by atoms with Gasteiger partial charge >= 0.3 is 5.97 Å². The number of ether oxygens (including phenoxy) is 2. The summed E-state index contributed by atoms with van der Waals surface area (Å²) < 4.78 is 23.4. The summed E-state index contributed by atoms with van der Waals surface area (Å²) in [5.74, 6) is -1.29. The minimum absolute atomic E-state index is 0.0130. The molecule has 0 saturated heterocycles. The molecule has 0 atom stereocenters. The van der Waals surface area contributed by atoms with Crippen molar-refractivity contribution >= 4 is 17.3 Å². The third-order valence-electron chi connectivity index (χ3n) is 2.14. The maximum absolute atomic E-state index is 13.4. The number of hydrogen-bond acceptors (Lipinski definition) is 7. The highest BCUT2D eigenvalue weighted by atomic mass is 32.1. The van der Waals surface area contributed by atoms with Gasteiger partial charge in [-0.1, -0.05) is 11.2 Å². The van der Waals surface area contributed by atoms with Gasteiger partial charge < -0.3 is 9.47 Å². The fourth-order valence-electron chi connectivity index (χ4n) is 1.32. The first-order valence-corrected chi connectivity index (χ1v) is 6.34. The van der Waals surface area contributed by atoms with E-state index in [0.29, 0.717) is 0 Å². The van der Waals surface area contributed by atoms with Crippen molar-refractivity contribution in [3.8, 4) is 17.0 Å². The van der Waals surface area contributed by atoms with E-state index in [4.69, 9.17) is 14.7 Å². The summed E-state index contributed by atoms with van der Waals surface area (Å²) in [6.45, 7) is 1.89. The number of hydrogen-bond donors (Lipinski definition) is 0. The molecule has 0 bridgehead atoms. The molecule has 2 rings (SSSR count). The molecule has 0 spiro atoms. The van der Waals surface area contributed by atoms with Gasteiger partial charge in [0.25, 0.3) is 5.19 Å². The molecule has 1 aromatic carbocycles. The lowest BCUT2D eigenvalue weighted by Crippen LogP contribution is -2.03. The predicted molar refractivity (Wildman–Crippen MR) is 67.1 cm³/mol. The number of esters is 1. The molecule has 1 heterocycles. The second kappa shape index (κ2) is 6.08. The summed E-state index contributed by atoms with van der Waals surface area (Å²) in [7, 11) is 0. The van der Waals surface area contributed by atoms with E-state index in [1.807, 2.05) is 0 Å². The van der Waals surface area contributed by atoms with Crippen molar-refractivity contribution in [2.75, 3.05) is 6.61 Å². The maximum atomic E-state index is 13.4. The molecule has 0 aliphatic carbocycles. The topological polar surface area (TPSA) is 85.1 Å². The second-order valence-electron chi connectivity index (χ2n) is 3.42. The number of rotatable bonds is 4. The third kappa shape index (κ3) is 2.89. The molecular weight excluding hydrogens is 285 g/mol. The van der Waals surface area contributed by atoms with Crippen LogP contribution in [0, 0.1) is 17.1 Å². The molecule has 8 heteroatoms. The summed E-state index contributed by atoms with van der Waals surface area (Å²) in [6.07, 6.45) is 0. The van der Waals surface area contributed by atoms with E-state index < -0.39 is 11.8 Å². The van der Waals surface area contributed by atoms with Gasteiger partial charge in [0.15, 0.2) is 5.75 Å². The molecule has 2 aromatic rings. The average Bonchev–Trinajstić information content (AvgIpc) is 2.88. The molecule has 0 aliphatic rings. The van der Waals surface area contributed by atoms with E-state index in [2.05, 4.69) is 10.2 Å². The van der Waals surface area contributed by atoms with Gasteiger partial charge in [0.05, 0.1) is 6.61 Å². The Balaban J connectivity index is 2.22. The summed E-state index contributed by atoms with van der Waals surface area (Å²) in [5.41, 5.74) is -0.236. The zero-order valence-corrected chi connectivity index (χ0v) is 11.1. The SMILES string of the molecule is CCOC(=O)c1nnc(Oc2cccc(F)c2C#N)s1. The van der Waals surface area contributed by atoms with Crippen LogP contribution in [-0.4, -0.2) is 22.8 Å². The van der Waals surface area contributed by atoms with Crippen molar-refractivity contribution in [1.82, 2.24) is 10.2 Å². The molecule has 0 saturated carbocycles. The van der Waals surface area contributed by atoms with Crippen LogP contribution in [0.25, 0.3) is 0 Å². The van der Waals surface area contributed by atoms with Crippen molar-refractivity contribution in [2.24, 2.45) is 0 Å². The summed E-state index contributed by atoms with van der Waals surface area (Å²) in [5, 5.41) is 16.1. The highest BCUT2D eigenvalue weighted by molar-refractivity contribution is 7.14. The molecule has 0 aliphatic heterocycles. The normalized spacial score (nSPS) is 9.85. The van der Waals surface area contributed by atoms with Crippen LogP contribution in [0.15, 0.2) is 18.2 Å². The van der Waals surface area contributed by atoms with Crippen LogP contribution < -0.4 is 4.74 Å². The monoisotopic (exact) mass is 293 g/mol. The maximum Gasteiger partial charge on any atom is 0.369 e. The molecule has 0 unspecified atom stereocenters. The van der Waals surface area contributed by atoms with E-state index in [9.17, 15) is 9.18 Å². The van der Waals surface area contributed by atoms with Crippen LogP contribution in [0.2, 0.25) is 0 Å². The Morgan fingerprint density at radius 3 is 3.00 bits per heavy atom. The van der Waals surface area contributed by atoms with Crippen LogP contribution in [0.1, 0.15) is 22.3 Å². The molecule has 0 radical (unpaired) electrons. The van der Waals surface area contributed by atoms with Crippen molar-refractivity contribution < 1.29 is 18.7 Å². The Hall–Kier alpha value is -2.53. The average molecular weight is 293 g/mol. The molecule has 102 valence electrons. The van der Waals surface area contributed by atoms with Crippen LogP contribution in [0.4, 0.5) is 4.39 Å². The number of nitrogens with zero attached hydrogens (tertiary/aromatic N) is 3. The first-order valence-electron chi connectivity index (χ1n) is 5.52. The van der Waals surface area contributed by atoms with Crippen LogP contribution in [-0.2, 0) is 4.74 Å². The highest BCUT2D eigenvalue weighted by Crippen LogP contribution is 2.28. The number of nitriles is 1. The highest BCUT2D eigenvalue weighted by Gasteiger charge is 2.17. The Bertz CT molecular complexity index is 681. The van der Waals surface area contributed by atoms with E-state index in [0.717, 1.165) is 17.4 Å². The predicted octanol–water partition coefficient (Wildman–Crippen LogP) is 2.52. The van der Waals surface area contributed by atoms with Crippen LogP contribution >= 0.6 is 11.3 Å². The summed E-state index contributed by atoms with van der Waals surface area (Å²) >= 11 is 0.850. The quantitative estimate of drug-likeness (QED) is 0.805. The molecular formula is C12H8FN3O3S. The lowest BCUT2D eigenvalue weighted by Gasteiger charge is -2.03. The molecule has 1 aromatic heterocycles. The van der Waals surface area contributed by atoms with Gasteiger partial charge in [0.1, 0.15) is 17.4 Å². The molecule has 20 heavy (non-hydrogen) atoms. The van der Waals surface area contributed by atoms with E-state index >= 15 is 0 Å². The minimum Gasteiger partial charge on any atom is -0.461 e. The Labute approximate surface area is 117 Å². The number of carbonyl (C=O) groups is 1. The van der Waals surface area contributed by atoms with Crippen molar-refractivity contribution in [2.45, 2.75) is 6.92 Å². The number of carbonyl (C=O) groups excluding carboxylic acids is 1. The zero-order valence-electron chi connectivity index (χ0n) is 10.3. The minimum atomic E-state index is -0.694. The van der Waals surface area contributed by atoms with Crippen LogP contribution in [0.5, 0.6) is 10.9 Å². The van der Waals surface area contributed by atoms with Gasteiger partial charge in [-0.3, -0.25) is 0 Å². The molecule has 0 amide bonds. The molecule has 6 nitrogen and oxygen atoms in total. The van der Waals surface area contributed by atoms with Gasteiger partial charge in [-0.25, -0.2) is 9.18 Å². The van der Waals surface area contributed by atoms with Crippen molar-refractivity contribution in [3.63, 3.8) is 0 Å². The first kappa shape index (κ1) is 13.9. The lowest BCUT2D eigenvalue weighted by atomic mass is 10.2. The van der Waals surface area contributed by atoms with E-state index in [1.165, 1.54) is 12.1 Å².